The summed E-state index contributed by atoms with van der Waals surface area (Å²) >= 11 is 8.01. The first-order valence-corrected chi connectivity index (χ1v) is 14.0. The summed E-state index contributed by atoms with van der Waals surface area (Å²) in [5.41, 5.74) is 7.80. The first kappa shape index (κ1) is 22.5. The maximum atomic E-state index is 6.36. The average molecular weight is 538 g/mol. The Morgan fingerprint density at radius 1 is 0.564 bits per heavy atom. The lowest BCUT2D eigenvalue weighted by molar-refractivity contribution is 1.18. The zero-order chi connectivity index (χ0) is 25.9. The molecule has 0 unspecified atom stereocenters. The molecule has 8 rings (SSSR count). The largest absolute Gasteiger partial charge is 0.309 e. The third-order valence-corrected chi connectivity index (χ3v) is 8.62. The summed E-state index contributed by atoms with van der Waals surface area (Å²) < 4.78 is 3.53. The first-order chi connectivity index (χ1) is 19.2. The van der Waals surface area contributed by atoms with Crippen LogP contribution in [0.4, 0.5) is 0 Å². The van der Waals surface area contributed by atoms with Gasteiger partial charge in [-0.05, 0) is 59.1 Å². The Morgan fingerprint density at radius 3 is 2.08 bits per heavy atom. The second-order valence-corrected chi connectivity index (χ2v) is 11.0. The Labute approximate surface area is 233 Å². The third-order valence-electron chi connectivity index (χ3n) is 7.39. The number of halogens is 1. The number of para-hydroxylation sites is 2. The molecule has 8 aromatic rings. The van der Waals surface area contributed by atoms with Gasteiger partial charge in [0.25, 0.3) is 0 Å². The van der Waals surface area contributed by atoms with Crippen LogP contribution >= 0.6 is 22.9 Å². The van der Waals surface area contributed by atoms with Crippen LogP contribution in [0.15, 0.2) is 121 Å². The zero-order valence-corrected chi connectivity index (χ0v) is 22.2. The predicted octanol–water partition coefficient (Wildman–Crippen LogP) is 9.93. The fourth-order valence-corrected chi connectivity index (χ4v) is 6.93. The van der Waals surface area contributed by atoms with Crippen LogP contribution in [0.3, 0.4) is 0 Å². The van der Waals surface area contributed by atoms with Gasteiger partial charge in [-0.1, -0.05) is 84.9 Å². The number of aromatic nitrogens is 3. The molecule has 3 nitrogen and oxygen atoms in total. The molecule has 3 heterocycles. The maximum Gasteiger partial charge on any atom is 0.224 e. The van der Waals surface area contributed by atoms with Crippen molar-refractivity contribution in [3.05, 3.63) is 127 Å². The van der Waals surface area contributed by atoms with Crippen molar-refractivity contribution in [3.8, 4) is 28.1 Å². The number of thiophene rings is 1. The van der Waals surface area contributed by atoms with Gasteiger partial charge in [0, 0.05) is 37.5 Å². The predicted molar refractivity (Wildman–Crippen MR) is 165 cm³/mol. The van der Waals surface area contributed by atoms with E-state index in [-0.39, 0.29) is 5.28 Å². The number of hydrogen-bond acceptors (Lipinski definition) is 3. The molecule has 5 aromatic carbocycles. The quantitative estimate of drug-likeness (QED) is 0.210. The van der Waals surface area contributed by atoms with Gasteiger partial charge in [-0.25, -0.2) is 9.97 Å². The third kappa shape index (κ3) is 3.57. The monoisotopic (exact) mass is 537 g/mol. The summed E-state index contributed by atoms with van der Waals surface area (Å²) in [5.74, 6) is 0. The minimum atomic E-state index is 0.272. The molecular weight excluding hydrogens is 518 g/mol. The summed E-state index contributed by atoms with van der Waals surface area (Å²) in [6, 6.07) is 42.9. The van der Waals surface area contributed by atoms with Crippen molar-refractivity contribution < 1.29 is 0 Å². The van der Waals surface area contributed by atoms with E-state index in [9.17, 15) is 0 Å². The van der Waals surface area contributed by atoms with E-state index in [1.54, 1.807) is 11.3 Å². The van der Waals surface area contributed by atoms with Crippen molar-refractivity contribution in [1.82, 2.24) is 14.5 Å². The van der Waals surface area contributed by atoms with Gasteiger partial charge in [0.1, 0.15) is 4.83 Å². The molecule has 0 fully saturated rings. The van der Waals surface area contributed by atoms with Crippen molar-refractivity contribution in [2.75, 3.05) is 0 Å². The highest BCUT2D eigenvalue weighted by Gasteiger charge is 2.16. The molecule has 0 aliphatic carbocycles. The van der Waals surface area contributed by atoms with Gasteiger partial charge >= 0.3 is 0 Å². The minimum Gasteiger partial charge on any atom is -0.309 e. The fraction of sp³-hybridized carbons (Fsp3) is 0. The molecule has 0 aliphatic rings. The summed E-state index contributed by atoms with van der Waals surface area (Å²) in [5, 5.41) is 4.98. The van der Waals surface area contributed by atoms with E-state index in [4.69, 9.17) is 11.6 Å². The van der Waals surface area contributed by atoms with Gasteiger partial charge in [-0.3, -0.25) is 0 Å². The molecule has 0 aliphatic heterocycles. The lowest BCUT2D eigenvalue weighted by Crippen LogP contribution is -1.92. The second-order valence-electron chi connectivity index (χ2n) is 9.62. The molecule has 0 bridgehead atoms. The van der Waals surface area contributed by atoms with Gasteiger partial charge in [0.05, 0.1) is 16.7 Å². The number of nitrogens with zero attached hydrogens (tertiary/aromatic N) is 3. The van der Waals surface area contributed by atoms with Crippen LogP contribution in [-0.2, 0) is 0 Å². The van der Waals surface area contributed by atoms with Crippen LogP contribution in [0, 0.1) is 0 Å². The van der Waals surface area contributed by atoms with Crippen molar-refractivity contribution >= 4 is 65.0 Å². The van der Waals surface area contributed by atoms with Crippen molar-refractivity contribution in [1.29, 1.82) is 0 Å². The smallest absolute Gasteiger partial charge is 0.224 e. The van der Waals surface area contributed by atoms with Crippen LogP contribution in [0.5, 0.6) is 0 Å². The Bertz CT molecular complexity index is 2180. The number of fused-ring (bicyclic) bond motifs is 6. The summed E-state index contributed by atoms with van der Waals surface area (Å²) in [6.07, 6.45) is 0. The molecule has 39 heavy (non-hydrogen) atoms. The normalized spacial score (nSPS) is 11.7. The number of benzene rings is 5. The average Bonchev–Trinajstić information content (AvgIpc) is 3.52. The zero-order valence-electron chi connectivity index (χ0n) is 20.7. The summed E-state index contributed by atoms with van der Waals surface area (Å²) in [7, 11) is 0. The molecule has 3 aromatic heterocycles. The lowest BCUT2D eigenvalue weighted by Gasteiger charge is -2.09. The Morgan fingerprint density at radius 2 is 1.23 bits per heavy atom. The maximum absolute atomic E-state index is 6.36. The van der Waals surface area contributed by atoms with Gasteiger partial charge in [0.2, 0.25) is 5.28 Å². The molecule has 0 saturated heterocycles. The van der Waals surface area contributed by atoms with Gasteiger partial charge < -0.3 is 4.57 Å². The van der Waals surface area contributed by atoms with E-state index in [2.05, 4.69) is 136 Å². The topological polar surface area (TPSA) is 30.7 Å². The molecule has 0 radical (unpaired) electrons. The Kier molecular flexibility index (Phi) is 5.05. The standard InChI is InChI=1S/C34H20ClN3S/c35-34-36-32(31-26-11-5-7-13-30(26)39-33(31)37-34)22-16-14-21(15-17-22)23-18-19-29-27(20-23)25-10-4-6-12-28(25)38(29)24-8-2-1-3-9-24/h1-20H. The highest BCUT2D eigenvalue weighted by molar-refractivity contribution is 7.25. The molecule has 0 amide bonds. The van der Waals surface area contributed by atoms with E-state index in [1.165, 1.54) is 32.1 Å². The van der Waals surface area contributed by atoms with Crippen LogP contribution < -0.4 is 0 Å². The first-order valence-electron chi connectivity index (χ1n) is 12.8. The van der Waals surface area contributed by atoms with Crippen LogP contribution in [0.2, 0.25) is 5.28 Å². The molecule has 0 N–H and O–H groups in total. The highest BCUT2D eigenvalue weighted by Crippen LogP contribution is 2.40. The number of hydrogen-bond donors (Lipinski definition) is 0. The molecule has 5 heteroatoms. The van der Waals surface area contributed by atoms with E-state index in [0.29, 0.717) is 0 Å². The summed E-state index contributed by atoms with van der Waals surface area (Å²) in [4.78, 5) is 10.1. The van der Waals surface area contributed by atoms with Gasteiger partial charge in [-0.2, -0.15) is 0 Å². The number of rotatable bonds is 3. The molecule has 0 atom stereocenters. The van der Waals surface area contributed by atoms with Crippen LogP contribution in [-0.4, -0.2) is 14.5 Å². The van der Waals surface area contributed by atoms with E-state index < -0.39 is 0 Å². The second kappa shape index (κ2) is 8.77. The van der Waals surface area contributed by atoms with Crippen molar-refractivity contribution in [2.45, 2.75) is 0 Å². The SMILES string of the molecule is Clc1nc(-c2ccc(-c3ccc4c(c3)c3ccccc3n4-c3ccccc3)cc2)c2c(n1)sc1ccccc12. The highest BCUT2D eigenvalue weighted by atomic mass is 35.5. The van der Waals surface area contributed by atoms with E-state index >= 15 is 0 Å². The molecule has 184 valence electrons. The van der Waals surface area contributed by atoms with Crippen molar-refractivity contribution in [2.24, 2.45) is 0 Å². The Balaban J connectivity index is 1.26. The molecule has 0 saturated carbocycles. The lowest BCUT2D eigenvalue weighted by atomic mass is 9.99. The fourth-order valence-electron chi connectivity index (χ4n) is 5.63. The van der Waals surface area contributed by atoms with Crippen molar-refractivity contribution in [3.63, 3.8) is 0 Å². The summed E-state index contributed by atoms with van der Waals surface area (Å²) in [6.45, 7) is 0. The van der Waals surface area contributed by atoms with Crippen LogP contribution in [0.1, 0.15) is 0 Å². The molecular formula is C34H20ClN3S. The van der Waals surface area contributed by atoms with Gasteiger partial charge in [-0.15, -0.1) is 11.3 Å². The van der Waals surface area contributed by atoms with Gasteiger partial charge in [0.15, 0.2) is 0 Å². The molecule has 0 spiro atoms. The minimum absolute atomic E-state index is 0.272. The van der Waals surface area contributed by atoms with E-state index in [1.807, 2.05) is 0 Å². The van der Waals surface area contributed by atoms with E-state index in [0.717, 1.165) is 38.1 Å². The Hall–Kier alpha value is -4.51. The van der Waals surface area contributed by atoms with Crippen LogP contribution in [0.25, 0.3) is 70.2 Å².